The molecule has 27 heavy (non-hydrogen) atoms. The summed E-state index contributed by atoms with van der Waals surface area (Å²) < 4.78 is 1.75. The molecule has 1 aliphatic rings. The summed E-state index contributed by atoms with van der Waals surface area (Å²) >= 11 is 0. The zero-order chi connectivity index (χ0) is 18.8. The first-order valence-electron chi connectivity index (χ1n) is 9.04. The molecule has 7 nitrogen and oxygen atoms in total. The van der Waals surface area contributed by atoms with Gasteiger partial charge in [0.2, 0.25) is 0 Å². The van der Waals surface area contributed by atoms with Crippen molar-refractivity contribution < 1.29 is 4.79 Å². The largest absolute Gasteiger partial charge is 0.367 e. The first kappa shape index (κ1) is 17.2. The Bertz CT molecular complexity index is 927. The lowest BCUT2D eigenvalue weighted by molar-refractivity contribution is 0.0747. The summed E-state index contributed by atoms with van der Waals surface area (Å²) in [6.07, 6.45) is 3.64. The molecule has 1 saturated heterocycles. The molecule has 0 bridgehead atoms. The van der Waals surface area contributed by atoms with Crippen molar-refractivity contribution in [3.63, 3.8) is 0 Å². The first-order chi connectivity index (χ1) is 13.1. The highest BCUT2D eigenvalue weighted by Gasteiger charge is 2.22. The van der Waals surface area contributed by atoms with E-state index >= 15 is 0 Å². The van der Waals surface area contributed by atoms with E-state index in [9.17, 15) is 4.79 Å². The normalized spacial score (nSPS) is 14.4. The Morgan fingerprint density at radius 2 is 1.78 bits per heavy atom. The monoisotopic (exact) mass is 362 g/mol. The van der Waals surface area contributed by atoms with E-state index in [1.54, 1.807) is 10.9 Å². The van der Waals surface area contributed by atoms with E-state index in [-0.39, 0.29) is 5.91 Å². The highest BCUT2D eigenvalue weighted by molar-refractivity contribution is 5.94. The maximum atomic E-state index is 12.8. The SMILES string of the molecule is Cc1nc(-c2ccc(C(=O)N3CCN(c4cccnc4)CC3)cc2)n(C)n1. The van der Waals surface area contributed by atoms with Gasteiger partial charge in [-0.2, -0.15) is 5.10 Å². The minimum absolute atomic E-state index is 0.0709. The number of anilines is 1. The van der Waals surface area contributed by atoms with Gasteiger partial charge in [-0.15, -0.1) is 0 Å². The van der Waals surface area contributed by atoms with Gasteiger partial charge in [-0.1, -0.05) is 12.1 Å². The van der Waals surface area contributed by atoms with Crippen molar-refractivity contribution in [2.24, 2.45) is 7.05 Å². The molecule has 1 fully saturated rings. The quantitative estimate of drug-likeness (QED) is 0.714. The number of benzene rings is 1. The maximum absolute atomic E-state index is 12.8. The number of pyridine rings is 1. The van der Waals surface area contributed by atoms with Crippen LogP contribution < -0.4 is 4.90 Å². The van der Waals surface area contributed by atoms with Gasteiger partial charge in [0.1, 0.15) is 5.82 Å². The number of piperazine rings is 1. The average molecular weight is 362 g/mol. The van der Waals surface area contributed by atoms with Gasteiger partial charge in [-0.05, 0) is 31.2 Å². The number of hydrogen-bond acceptors (Lipinski definition) is 5. The van der Waals surface area contributed by atoms with Gasteiger partial charge in [0.15, 0.2) is 5.82 Å². The van der Waals surface area contributed by atoms with Gasteiger partial charge >= 0.3 is 0 Å². The summed E-state index contributed by atoms with van der Waals surface area (Å²) in [4.78, 5) is 25.6. The molecule has 0 atom stereocenters. The number of aromatic nitrogens is 4. The van der Waals surface area contributed by atoms with Gasteiger partial charge in [-0.25, -0.2) is 9.67 Å². The van der Waals surface area contributed by atoms with Crippen molar-refractivity contribution in [1.82, 2.24) is 24.6 Å². The van der Waals surface area contributed by atoms with Gasteiger partial charge in [0.25, 0.3) is 5.91 Å². The highest BCUT2D eigenvalue weighted by atomic mass is 16.2. The predicted octanol–water partition coefficient (Wildman–Crippen LogP) is 2.15. The summed E-state index contributed by atoms with van der Waals surface area (Å²) in [6, 6.07) is 11.6. The zero-order valence-electron chi connectivity index (χ0n) is 15.5. The third-order valence-electron chi connectivity index (χ3n) is 4.84. The topological polar surface area (TPSA) is 67.2 Å². The van der Waals surface area contributed by atoms with Crippen molar-refractivity contribution in [3.8, 4) is 11.4 Å². The van der Waals surface area contributed by atoms with Crippen LogP contribution in [-0.4, -0.2) is 56.7 Å². The van der Waals surface area contributed by atoms with Crippen LogP contribution >= 0.6 is 0 Å². The van der Waals surface area contributed by atoms with Gasteiger partial charge < -0.3 is 9.80 Å². The van der Waals surface area contributed by atoms with Crippen LogP contribution in [0.15, 0.2) is 48.8 Å². The van der Waals surface area contributed by atoms with Gasteiger partial charge in [0.05, 0.1) is 11.9 Å². The van der Waals surface area contributed by atoms with Crippen LogP contribution in [0.2, 0.25) is 0 Å². The van der Waals surface area contributed by atoms with E-state index < -0.39 is 0 Å². The second-order valence-corrected chi connectivity index (χ2v) is 6.67. The summed E-state index contributed by atoms with van der Waals surface area (Å²) in [6.45, 7) is 4.91. The maximum Gasteiger partial charge on any atom is 0.253 e. The fourth-order valence-corrected chi connectivity index (χ4v) is 3.42. The Balaban J connectivity index is 1.42. The first-order valence-corrected chi connectivity index (χ1v) is 9.04. The number of carbonyl (C=O) groups excluding carboxylic acids is 1. The molecule has 4 rings (SSSR count). The van der Waals surface area contributed by atoms with E-state index in [1.807, 2.05) is 55.4 Å². The fourth-order valence-electron chi connectivity index (χ4n) is 3.42. The molecule has 0 saturated carbocycles. The average Bonchev–Trinajstić information content (AvgIpc) is 3.06. The van der Waals surface area contributed by atoms with Gasteiger partial charge in [-0.3, -0.25) is 9.78 Å². The van der Waals surface area contributed by atoms with Gasteiger partial charge in [0, 0.05) is 50.6 Å². The molecule has 0 radical (unpaired) electrons. The summed E-state index contributed by atoms with van der Waals surface area (Å²) in [5.41, 5.74) is 2.76. The molecule has 138 valence electrons. The van der Waals surface area contributed by atoms with E-state index in [2.05, 4.69) is 26.0 Å². The van der Waals surface area contributed by atoms with E-state index in [1.165, 1.54) is 0 Å². The molecule has 1 amide bonds. The molecule has 0 unspecified atom stereocenters. The number of amides is 1. The molecule has 2 aromatic heterocycles. The second kappa shape index (κ2) is 7.19. The number of hydrogen-bond donors (Lipinski definition) is 0. The molecule has 0 aliphatic carbocycles. The molecule has 3 heterocycles. The van der Waals surface area contributed by atoms with Crippen molar-refractivity contribution in [2.45, 2.75) is 6.92 Å². The number of rotatable bonds is 3. The molecular weight excluding hydrogens is 340 g/mol. The van der Waals surface area contributed by atoms with Crippen molar-refractivity contribution in [3.05, 3.63) is 60.2 Å². The standard InChI is InChI=1S/C20H22N6O/c1-15-22-19(24(2)23-15)16-5-7-17(8-6-16)20(27)26-12-10-25(11-13-26)18-4-3-9-21-14-18/h3-9,14H,10-13H2,1-2H3. The van der Waals surface area contributed by atoms with Crippen LogP contribution in [-0.2, 0) is 7.05 Å². The molecule has 7 heteroatoms. The minimum Gasteiger partial charge on any atom is -0.367 e. The minimum atomic E-state index is 0.0709. The lowest BCUT2D eigenvalue weighted by Gasteiger charge is -2.36. The Kier molecular flexibility index (Phi) is 4.58. The molecular formula is C20H22N6O. The Hall–Kier alpha value is -3.22. The highest BCUT2D eigenvalue weighted by Crippen LogP contribution is 2.19. The number of aryl methyl sites for hydroxylation is 2. The van der Waals surface area contributed by atoms with Crippen LogP contribution in [0.1, 0.15) is 16.2 Å². The molecule has 3 aromatic rings. The summed E-state index contributed by atoms with van der Waals surface area (Å²) in [5.74, 6) is 1.61. The lowest BCUT2D eigenvalue weighted by Crippen LogP contribution is -2.48. The Morgan fingerprint density at radius 3 is 2.37 bits per heavy atom. The van der Waals surface area contributed by atoms with Crippen LogP contribution in [0.4, 0.5) is 5.69 Å². The molecule has 1 aliphatic heterocycles. The molecule has 0 N–H and O–H groups in total. The van der Waals surface area contributed by atoms with Crippen LogP contribution in [0, 0.1) is 6.92 Å². The zero-order valence-corrected chi connectivity index (χ0v) is 15.5. The third kappa shape index (κ3) is 3.53. The van der Waals surface area contributed by atoms with E-state index in [0.29, 0.717) is 18.7 Å². The molecule has 0 spiro atoms. The fraction of sp³-hybridized carbons (Fsp3) is 0.300. The lowest BCUT2D eigenvalue weighted by atomic mass is 10.1. The van der Waals surface area contributed by atoms with Crippen molar-refractivity contribution >= 4 is 11.6 Å². The Labute approximate surface area is 158 Å². The van der Waals surface area contributed by atoms with Crippen LogP contribution in [0.3, 0.4) is 0 Å². The summed E-state index contributed by atoms with van der Waals surface area (Å²) in [5, 5.41) is 4.27. The van der Waals surface area contributed by atoms with E-state index in [0.717, 1.165) is 36.0 Å². The second-order valence-electron chi connectivity index (χ2n) is 6.67. The smallest absolute Gasteiger partial charge is 0.253 e. The Morgan fingerprint density at radius 1 is 1.04 bits per heavy atom. The van der Waals surface area contributed by atoms with Crippen molar-refractivity contribution in [1.29, 1.82) is 0 Å². The predicted molar refractivity (Wildman–Crippen MR) is 104 cm³/mol. The van der Waals surface area contributed by atoms with Crippen molar-refractivity contribution in [2.75, 3.05) is 31.1 Å². The van der Waals surface area contributed by atoms with Crippen LogP contribution in [0.5, 0.6) is 0 Å². The summed E-state index contributed by atoms with van der Waals surface area (Å²) in [7, 11) is 1.87. The number of nitrogens with zero attached hydrogens (tertiary/aromatic N) is 6. The molecule has 1 aromatic carbocycles. The third-order valence-corrected chi connectivity index (χ3v) is 4.84. The number of carbonyl (C=O) groups is 1. The van der Waals surface area contributed by atoms with E-state index in [4.69, 9.17) is 0 Å². The van der Waals surface area contributed by atoms with Crippen LogP contribution in [0.25, 0.3) is 11.4 Å².